The van der Waals surface area contributed by atoms with E-state index < -0.39 is 10.0 Å². The van der Waals surface area contributed by atoms with E-state index in [-0.39, 0.29) is 17.7 Å². The number of hydrogen-bond donors (Lipinski definition) is 1. The number of piperidine rings is 1. The molecule has 0 aromatic carbocycles. The third kappa shape index (κ3) is 4.24. The zero-order valence-electron chi connectivity index (χ0n) is 14.7. The van der Waals surface area contributed by atoms with Gasteiger partial charge in [-0.05, 0) is 39.7 Å². The third-order valence-electron chi connectivity index (χ3n) is 4.52. The van der Waals surface area contributed by atoms with Crippen molar-refractivity contribution in [2.75, 3.05) is 18.8 Å². The van der Waals surface area contributed by atoms with Gasteiger partial charge in [0.05, 0.1) is 11.4 Å². The summed E-state index contributed by atoms with van der Waals surface area (Å²) in [5.41, 5.74) is 2.85. The van der Waals surface area contributed by atoms with Crippen LogP contribution in [-0.4, -0.2) is 53.3 Å². The Balaban J connectivity index is 1.89. The second-order valence-corrected chi connectivity index (χ2v) is 8.38. The van der Waals surface area contributed by atoms with Gasteiger partial charge in [0, 0.05) is 43.5 Å². The minimum Gasteiger partial charge on any atom is -0.350 e. The molecule has 0 saturated carbocycles. The van der Waals surface area contributed by atoms with Crippen molar-refractivity contribution in [3.8, 4) is 0 Å². The summed E-state index contributed by atoms with van der Waals surface area (Å²) >= 11 is 0. The molecular formula is C16H26N4O3S. The standard InChI is InChI=1S/C16H26N4O3S/c1-5-24(22,23)20-10-8-14(9-11-20)17-16(21)7-6-15-12(2)18-19(4)13(15)3/h6-7,14H,5,8-11H2,1-4H3,(H,17,21)/b7-6+. The summed E-state index contributed by atoms with van der Waals surface area (Å²) in [7, 11) is -1.26. The fourth-order valence-electron chi connectivity index (χ4n) is 2.90. The lowest BCUT2D eigenvalue weighted by Crippen LogP contribution is -2.46. The summed E-state index contributed by atoms with van der Waals surface area (Å²) < 4.78 is 27.0. The van der Waals surface area contributed by atoms with Crippen molar-refractivity contribution in [3.05, 3.63) is 23.0 Å². The Morgan fingerprint density at radius 2 is 1.96 bits per heavy atom. The van der Waals surface area contributed by atoms with Gasteiger partial charge < -0.3 is 5.32 Å². The molecule has 1 N–H and O–H groups in total. The van der Waals surface area contributed by atoms with Crippen LogP contribution in [-0.2, 0) is 21.9 Å². The molecule has 24 heavy (non-hydrogen) atoms. The zero-order chi connectivity index (χ0) is 17.9. The number of carbonyl (C=O) groups excluding carboxylic acids is 1. The molecule has 1 aromatic rings. The molecule has 1 amide bonds. The summed E-state index contributed by atoms with van der Waals surface area (Å²) in [6.45, 7) is 6.45. The third-order valence-corrected chi connectivity index (χ3v) is 6.41. The van der Waals surface area contributed by atoms with E-state index in [0.717, 1.165) is 17.0 Å². The van der Waals surface area contributed by atoms with Gasteiger partial charge in [-0.15, -0.1) is 0 Å². The van der Waals surface area contributed by atoms with E-state index >= 15 is 0 Å². The second kappa shape index (κ2) is 7.48. The molecule has 7 nitrogen and oxygen atoms in total. The number of hydrogen-bond acceptors (Lipinski definition) is 4. The van der Waals surface area contributed by atoms with Gasteiger partial charge in [0.15, 0.2) is 0 Å². The van der Waals surface area contributed by atoms with Crippen molar-refractivity contribution < 1.29 is 13.2 Å². The normalized spacial score (nSPS) is 17.5. The average Bonchev–Trinajstić information content (AvgIpc) is 2.78. The first-order valence-corrected chi connectivity index (χ1v) is 9.82. The highest BCUT2D eigenvalue weighted by molar-refractivity contribution is 7.89. The molecule has 1 aliphatic heterocycles. The largest absolute Gasteiger partial charge is 0.350 e. The van der Waals surface area contributed by atoms with Gasteiger partial charge in [-0.25, -0.2) is 12.7 Å². The number of nitrogens with zero attached hydrogens (tertiary/aromatic N) is 3. The smallest absolute Gasteiger partial charge is 0.244 e. The van der Waals surface area contributed by atoms with Gasteiger partial charge in [0.25, 0.3) is 0 Å². The minimum atomic E-state index is -3.13. The van der Waals surface area contributed by atoms with Crippen molar-refractivity contribution >= 4 is 22.0 Å². The summed E-state index contributed by atoms with van der Waals surface area (Å²) in [4.78, 5) is 12.1. The van der Waals surface area contributed by atoms with Crippen LogP contribution in [0.2, 0.25) is 0 Å². The van der Waals surface area contributed by atoms with E-state index in [9.17, 15) is 13.2 Å². The summed E-state index contributed by atoms with van der Waals surface area (Å²) in [5, 5.41) is 7.27. The van der Waals surface area contributed by atoms with Gasteiger partial charge in [0.1, 0.15) is 0 Å². The summed E-state index contributed by atoms with van der Waals surface area (Å²) in [6.07, 6.45) is 4.59. The van der Waals surface area contributed by atoms with Crippen molar-refractivity contribution in [1.29, 1.82) is 0 Å². The average molecular weight is 354 g/mol. The Bertz CT molecular complexity index is 729. The topological polar surface area (TPSA) is 84.3 Å². The molecule has 1 aliphatic rings. The SMILES string of the molecule is CCS(=O)(=O)N1CCC(NC(=O)/C=C/c2c(C)nn(C)c2C)CC1. The molecule has 8 heteroatoms. The number of rotatable bonds is 5. The highest BCUT2D eigenvalue weighted by Crippen LogP contribution is 2.15. The van der Waals surface area contributed by atoms with Crippen molar-refractivity contribution in [3.63, 3.8) is 0 Å². The number of carbonyl (C=O) groups is 1. The highest BCUT2D eigenvalue weighted by atomic mass is 32.2. The maximum absolute atomic E-state index is 12.1. The van der Waals surface area contributed by atoms with Crippen LogP contribution in [0.5, 0.6) is 0 Å². The van der Waals surface area contributed by atoms with Crippen molar-refractivity contribution in [2.24, 2.45) is 7.05 Å². The number of amides is 1. The van der Waals surface area contributed by atoms with Crippen LogP contribution in [0.3, 0.4) is 0 Å². The predicted molar refractivity (Wildman–Crippen MR) is 93.9 cm³/mol. The van der Waals surface area contributed by atoms with Crippen LogP contribution in [0.1, 0.15) is 36.7 Å². The van der Waals surface area contributed by atoms with Gasteiger partial charge in [-0.3, -0.25) is 9.48 Å². The molecule has 2 heterocycles. The highest BCUT2D eigenvalue weighted by Gasteiger charge is 2.27. The molecule has 0 atom stereocenters. The lowest BCUT2D eigenvalue weighted by Gasteiger charge is -2.31. The Morgan fingerprint density at radius 1 is 1.33 bits per heavy atom. The molecule has 0 spiro atoms. The van der Waals surface area contributed by atoms with Crippen LogP contribution in [0, 0.1) is 13.8 Å². The molecule has 0 aliphatic carbocycles. The van der Waals surface area contributed by atoms with E-state index in [1.165, 1.54) is 10.4 Å². The second-order valence-electron chi connectivity index (χ2n) is 6.12. The van der Waals surface area contributed by atoms with E-state index in [1.54, 1.807) is 17.7 Å². The van der Waals surface area contributed by atoms with Crippen LogP contribution in [0.4, 0.5) is 0 Å². The summed E-state index contributed by atoms with van der Waals surface area (Å²) in [5.74, 6) is -0.0363. The first kappa shape index (κ1) is 18.7. The Kier molecular flexibility index (Phi) is 5.82. The number of aromatic nitrogens is 2. The molecule has 1 fully saturated rings. The lowest BCUT2D eigenvalue weighted by atomic mass is 10.1. The fraction of sp³-hybridized carbons (Fsp3) is 0.625. The molecule has 134 valence electrons. The lowest BCUT2D eigenvalue weighted by molar-refractivity contribution is -0.117. The van der Waals surface area contributed by atoms with Crippen molar-refractivity contribution in [2.45, 2.75) is 39.7 Å². The minimum absolute atomic E-state index is 0.0153. The Hall–Kier alpha value is -1.67. The van der Waals surface area contributed by atoms with Gasteiger partial charge in [-0.2, -0.15) is 5.10 Å². The molecule has 1 saturated heterocycles. The van der Waals surface area contributed by atoms with Gasteiger partial charge in [0.2, 0.25) is 15.9 Å². The maximum Gasteiger partial charge on any atom is 0.244 e. The summed E-state index contributed by atoms with van der Waals surface area (Å²) in [6, 6.07) is 0.0153. The van der Waals surface area contributed by atoms with E-state index in [4.69, 9.17) is 0 Å². The number of sulfonamides is 1. The number of nitrogens with one attached hydrogen (secondary N) is 1. The molecular weight excluding hydrogens is 328 g/mol. The van der Waals surface area contributed by atoms with E-state index in [0.29, 0.717) is 25.9 Å². The quantitative estimate of drug-likeness (QED) is 0.799. The maximum atomic E-state index is 12.1. The number of aryl methyl sites for hydroxylation is 2. The molecule has 1 aromatic heterocycles. The molecule has 2 rings (SSSR count). The predicted octanol–water partition coefficient (Wildman–Crippen LogP) is 0.980. The first-order chi connectivity index (χ1) is 11.2. The van der Waals surface area contributed by atoms with E-state index in [1.807, 2.05) is 20.9 Å². The van der Waals surface area contributed by atoms with Crippen LogP contribution < -0.4 is 5.32 Å². The fourth-order valence-corrected chi connectivity index (χ4v) is 4.03. The van der Waals surface area contributed by atoms with Crippen molar-refractivity contribution in [1.82, 2.24) is 19.4 Å². The van der Waals surface area contributed by atoms with Gasteiger partial charge >= 0.3 is 0 Å². The van der Waals surface area contributed by atoms with Crippen LogP contribution >= 0.6 is 0 Å². The van der Waals surface area contributed by atoms with E-state index in [2.05, 4.69) is 10.4 Å². The Labute approximate surface area is 143 Å². The van der Waals surface area contributed by atoms with Crippen LogP contribution in [0.25, 0.3) is 6.08 Å². The zero-order valence-corrected chi connectivity index (χ0v) is 15.6. The van der Waals surface area contributed by atoms with Gasteiger partial charge in [-0.1, -0.05) is 0 Å². The molecule has 0 bridgehead atoms. The monoisotopic (exact) mass is 354 g/mol. The molecule has 0 radical (unpaired) electrons. The molecule has 0 unspecified atom stereocenters. The van der Waals surface area contributed by atoms with Crippen LogP contribution in [0.15, 0.2) is 6.08 Å². The first-order valence-electron chi connectivity index (χ1n) is 8.21. The Morgan fingerprint density at radius 3 is 2.46 bits per heavy atom.